The summed E-state index contributed by atoms with van der Waals surface area (Å²) in [5.74, 6) is -0.0478. The molecule has 1 amide bonds. The summed E-state index contributed by atoms with van der Waals surface area (Å²) in [5.41, 5.74) is 0.856. The van der Waals surface area contributed by atoms with Crippen molar-refractivity contribution < 1.29 is 4.79 Å². The maximum absolute atomic E-state index is 10.9. The number of nitrogens with one attached hydrogen (secondary N) is 1. The Balaban J connectivity index is 3.01. The number of carbonyl (C=O) groups excluding carboxylic acids is 1. The van der Waals surface area contributed by atoms with Gasteiger partial charge in [-0.1, -0.05) is 15.9 Å². The summed E-state index contributed by atoms with van der Waals surface area (Å²) in [6.07, 6.45) is 1.98. The van der Waals surface area contributed by atoms with Crippen LogP contribution in [0.5, 0.6) is 0 Å². The Labute approximate surface area is 90.2 Å². The highest BCUT2D eigenvalue weighted by Gasteiger charge is 2.02. The molecule has 0 saturated carbocycles. The van der Waals surface area contributed by atoms with Crippen LogP contribution in [0.15, 0.2) is 27.6 Å². The van der Waals surface area contributed by atoms with Crippen LogP contribution in [0.2, 0.25) is 0 Å². The summed E-state index contributed by atoms with van der Waals surface area (Å²) in [6, 6.07) is 5.82. The fraction of sp³-hybridized carbons (Fsp3) is 0.222. The van der Waals surface area contributed by atoms with Crippen molar-refractivity contribution in [3.63, 3.8) is 0 Å². The second-order valence-electron chi connectivity index (χ2n) is 2.53. The summed E-state index contributed by atoms with van der Waals surface area (Å²) < 4.78 is 0.967. The molecule has 0 aliphatic heterocycles. The van der Waals surface area contributed by atoms with E-state index in [2.05, 4.69) is 21.2 Å². The standard InChI is InChI=1S/C9H10BrNOS/c1-6(12)11-8-5-7(10)3-4-9(8)13-2/h3-5H,1-2H3,(H,11,12). The summed E-state index contributed by atoms with van der Waals surface area (Å²) in [4.78, 5) is 11.9. The first-order chi connectivity index (χ1) is 6.13. The van der Waals surface area contributed by atoms with E-state index in [1.54, 1.807) is 11.8 Å². The summed E-state index contributed by atoms with van der Waals surface area (Å²) in [6.45, 7) is 1.50. The molecule has 0 unspecified atom stereocenters. The Morgan fingerprint density at radius 3 is 2.77 bits per heavy atom. The maximum Gasteiger partial charge on any atom is 0.221 e. The zero-order valence-electron chi connectivity index (χ0n) is 7.43. The zero-order valence-corrected chi connectivity index (χ0v) is 9.83. The normalized spacial score (nSPS) is 9.77. The number of hydrogen-bond donors (Lipinski definition) is 1. The van der Waals surface area contributed by atoms with Gasteiger partial charge in [-0.3, -0.25) is 4.79 Å². The first kappa shape index (κ1) is 10.6. The predicted molar refractivity (Wildman–Crippen MR) is 60.2 cm³/mol. The van der Waals surface area contributed by atoms with E-state index in [4.69, 9.17) is 0 Å². The Kier molecular flexibility index (Phi) is 3.81. The third kappa shape index (κ3) is 3.04. The predicted octanol–water partition coefficient (Wildman–Crippen LogP) is 3.13. The number of carbonyl (C=O) groups is 1. The van der Waals surface area contributed by atoms with Crippen LogP contribution < -0.4 is 5.32 Å². The maximum atomic E-state index is 10.9. The zero-order chi connectivity index (χ0) is 9.84. The fourth-order valence-electron chi connectivity index (χ4n) is 0.968. The van der Waals surface area contributed by atoms with Crippen LogP contribution in [0.3, 0.4) is 0 Å². The number of thioether (sulfide) groups is 1. The van der Waals surface area contributed by atoms with Crippen molar-refractivity contribution >= 4 is 39.3 Å². The quantitative estimate of drug-likeness (QED) is 0.828. The van der Waals surface area contributed by atoms with Crippen molar-refractivity contribution in [2.24, 2.45) is 0 Å². The molecule has 0 aliphatic carbocycles. The van der Waals surface area contributed by atoms with Crippen LogP contribution in [0.1, 0.15) is 6.92 Å². The van der Waals surface area contributed by atoms with E-state index >= 15 is 0 Å². The molecule has 0 bridgehead atoms. The topological polar surface area (TPSA) is 29.1 Å². The van der Waals surface area contributed by atoms with Gasteiger partial charge in [0.1, 0.15) is 0 Å². The summed E-state index contributed by atoms with van der Waals surface area (Å²) in [5, 5.41) is 2.78. The Bertz CT molecular complexity index is 327. The molecule has 0 saturated heterocycles. The van der Waals surface area contributed by atoms with Gasteiger partial charge in [-0.05, 0) is 24.5 Å². The van der Waals surface area contributed by atoms with E-state index in [0.717, 1.165) is 15.1 Å². The molecular formula is C9H10BrNOS. The van der Waals surface area contributed by atoms with Gasteiger partial charge in [-0.15, -0.1) is 11.8 Å². The number of hydrogen-bond acceptors (Lipinski definition) is 2. The van der Waals surface area contributed by atoms with Crippen LogP contribution in [0, 0.1) is 0 Å². The van der Waals surface area contributed by atoms with Crippen LogP contribution >= 0.6 is 27.7 Å². The van der Waals surface area contributed by atoms with E-state index in [-0.39, 0.29) is 5.91 Å². The second kappa shape index (κ2) is 4.67. The number of rotatable bonds is 2. The highest BCUT2D eigenvalue weighted by atomic mass is 79.9. The van der Waals surface area contributed by atoms with E-state index < -0.39 is 0 Å². The minimum absolute atomic E-state index is 0.0478. The molecule has 1 aromatic rings. The summed E-state index contributed by atoms with van der Waals surface area (Å²) >= 11 is 4.97. The molecule has 0 fully saturated rings. The van der Waals surface area contributed by atoms with Crippen molar-refractivity contribution in [2.45, 2.75) is 11.8 Å². The third-order valence-electron chi connectivity index (χ3n) is 1.47. The van der Waals surface area contributed by atoms with Gasteiger partial charge in [-0.25, -0.2) is 0 Å². The molecule has 2 nitrogen and oxygen atoms in total. The summed E-state index contributed by atoms with van der Waals surface area (Å²) in [7, 11) is 0. The van der Waals surface area contributed by atoms with E-state index in [1.165, 1.54) is 6.92 Å². The first-order valence-electron chi connectivity index (χ1n) is 3.74. The van der Waals surface area contributed by atoms with Gasteiger partial charge in [0.15, 0.2) is 0 Å². The Hall–Kier alpha value is -0.480. The Morgan fingerprint density at radius 2 is 2.23 bits per heavy atom. The van der Waals surface area contributed by atoms with Crippen molar-refractivity contribution in [3.05, 3.63) is 22.7 Å². The third-order valence-corrected chi connectivity index (χ3v) is 2.76. The molecule has 0 spiro atoms. The van der Waals surface area contributed by atoms with Crippen LogP contribution in [-0.4, -0.2) is 12.2 Å². The molecule has 4 heteroatoms. The highest BCUT2D eigenvalue weighted by molar-refractivity contribution is 9.10. The van der Waals surface area contributed by atoms with Gasteiger partial charge in [-0.2, -0.15) is 0 Å². The van der Waals surface area contributed by atoms with Crippen LogP contribution in [-0.2, 0) is 4.79 Å². The lowest BCUT2D eigenvalue weighted by Gasteiger charge is -2.07. The van der Waals surface area contributed by atoms with Crippen molar-refractivity contribution in [3.8, 4) is 0 Å². The molecule has 0 atom stereocenters. The fourth-order valence-corrected chi connectivity index (χ4v) is 1.86. The lowest BCUT2D eigenvalue weighted by Crippen LogP contribution is -2.06. The van der Waals surface area contributed by atoms with Gasteiger partial charge >= 0.3 is 0 Å². The first-order valence-corrected chi connectivity index (χ1v) is 5.76. The van der Waals surface area contributed by atoms with Crippen LogP contribution in [0.25, 0.3) is 0 Å². The number of halogens is 1. The number of amides is 1. The smallest absolute Gasteiger partial charge is 0.221 e. The number of anilines is 1. The second-order valence-corrected chi connectivity index (χ2v) is 4.29. The van der Waals surface area contributed by atoms with Crippen molar-refractivity contribution in [1.82, 2.24) is 0 Å². The molecule has 13 heavy (non-hydrogen) atoms. The lowest BCUT2D eigenvalue weighted by atomic mass is 10.3. The average molecular weight is 260 g/mol. The van der Waals surface area contributed by atoms with Gasteiger partial charge in [0.2, 0.25) is 5.91 Å². The molecule has 0 radical (unpaired) electrons. The minimum atomic E-state index is -0.0478. The average Bonchev–Trinajstić information content (AvgIpc) is 2.03. The largest absolute Gasteiger partial charge is 0.325 e. The highest BCUT2D eigenvalue weighted by Crippen LogP contribution is 2.28. The van der Waals surface area contributed by atoms with Gasteiger partial charge in [0.05, 0.1) is 5.69 Å². The van der Waals surface area contributed by atoms with Gasteiger partial charge < -0.3 is 5.32 Å². The molecular weight excluding hydrogens is 250 g/mol. The molecule has 1 aromatic carbocycles. The van der Waals surface area contributed by atoms with Gasteiger partial charge in [0, 0.05) is 16.3 Å². The molecule has 0 heterocycles. The SMILES string of the molecule is CSc1ccc(Br)cc1NC(C)=O. The van der Waals surface area contributed by atoms with Crippen LogP contribution in [0.4, 0.5) is 5.69 Å². The molecule has 1 N–H and O–H groups in total. The van der Waals surface area contributed by atoms with Crippen molar-refractivity contribution in [1.29, 1.82) is 0 Å². The molecule has 70 valence electrons. The minimum Gasteiger partial charge on any atom is -0.325 e. The molecule has 0 aromatic heterocycles. The molecule has 0 aliphatic rings. The Morgan fingerprint density at radius 1 is 1.54 bits per heavy atom. The van der Waals surface area contributed by atoms with Gasteiger partial charge in [0.25, 0.3) is 0 Å². The van der Waals surface area contributed by atoms with E-state index in [9.17, 15) is 4.79 Å². The monoisotopic (exact) mass is 259 g/mol. The van der Waals surface area contributed by atoms with E-state index in [0.29, 0.717) is 0 Å². The molecule has 1 rings (SSSR count). The number of benzene rings is 1. The van der Waals surface area contributed by atoms with E-state index in [1.807, 2.05) is 24.5 Å². The lowest BCUT2D eigenvalue weighted by molar-refractivity contribution is -0.114. The van der Waals surface area contributed by atoms with Crippen molar-refractivity contribution in [2.75, 3.05) is 11.6 Å².